The zero-order chi connectivity index (χ0) is 25.8. The Hall–Kier alpha value is -4.31. The Kier molecular flexibility index (Phi) is 10.3. The van der Waals surface area contributed by atoms with E-state index in [0.717, 1.165) is 0 Å². The van der Waals surface area contributed by atoms with Gasteiger partial charge in [-0.3, -0.25) is 10.1 Å². The van der Waals surface area contributed by atoms with Crippen LogP contribution in [0.25, 0.3) is 0 Å². The molecule has 2 aromatic carbocycles. The average Bonchev–Trinajstić information content (AvgIpc) is 2.83. The van der Waals surface area contributed by atoms with Gasteiger partial charge in [-0.15, -0.1) is 0 Å². The highest BCUT2D eigenvalue weighted by molar-refractivity contribution is 7.80. The predicted molar refractivity (Wildman–Crippen MR) is 143 cm³/mol. The van der Waals surface area contributed by atoms with Crippen molar-refractivity contribution in [2.45, 2.75) is 6.92 Å². The number of urea groups is 1. The monoisotopic (exact) mass is 495 g/mol. The number of nitrogens with one attached hydrogen (secondary N) is 5. The highest BCUT2D eigenvalue weighted by Gasteiger charge is 2.16. The van der Waals surface area contributed by atoms with Gasteiger partial charge in [0.05, 0.1) is 19.9 Å². The second-order valence-electron chi connectivity index (χ2n) is 6.99. The summed E-state index contributed by atoms with van der Waals surface area (Å²) in [5, 5.41) is 13.9. The fraction of sp³-hybridized carbons (Fsp3) is 0.160. The van der Waals surface area contributed by atoms with Crippen molar-refractivity contribution >= 4 is 40.6 Å². The number of allylic oxidation sites excluding steroid dienone is 3. The molecule has 2 aromatic rings. The number of para-hydroxylation sites is 1. The number of ether oxygens (including phenoxy) is 2. The Balaban J connectivity index is 2.05. The zero-order valence-electron chi connectivity index (χ0n) is 20.0. The Morgan fingerprint density at radius 1 is 1.03 bits per heavy atom. The molecular weight excluding hydrogens is 466 g/mol. The Bertz CT molecular complexity index is 1120. The molecule has 0 aliphatic rings. The summed E-state index contributed by atoms with van der Waals surface area (Å²) in [7, 11) is 4.71. The van der Waals surface area contributed by atoms with Crippen LogP contribution in [0.4, 0.5) is 16.2 Å². The number of carbonyl (C=O) groups is 2. The molecule has 9 nitrogen and oxygen atoms in total. The molecule has 0 unspecified atom stereocenters. The second kappa shape index (κ2) is 13.4. The van der Waals surface area contributed by atoms with Gasteiger partial charge in [0.2, 0.25) is 0 Å². The van der Waals surface area contributed by atoms with Crippen LogP contribution in [-0.2, 0) is 0 Å². The minimum Gasteiger partial charge on any atom is -0.493 e. The zero-order valence-corrected chi connectivity index (χ0v) is 20.8. The van der Waals surface area contributed by atoms with Crippen LogP contribution in [0.3, 0.4) is 0 Å². The van der Waals surface area contributed by atoms with E-state index in [9.17, 15) is 9.59 Å². The molecule has 2 rings (SSSR count). The summed E-state index contributed by atoms with van der Waals surface area (Å²) in [5.74, 6) is 0.431. The van der Waals surface area contributed by atoms with Gasteiger partial charge in [0.15, 0.2) is 16.6 Å². The maximum Gasteiger partial charge on any atom is 0.323 e. The summed E-state index contributed by atoms with van der Waals surface area (Å²) in [6, 6.07) is 11.8. The molecule has 0 aliphatic heterocycles. The normalized spacial score (nSPS) is 10.8. The van der Waals surface area contributed by atoms with Gasteiger partial charge in [0.1, 0.15) is 0 Å². The fourth-order valence-corrected chi connectivity index (χ4v) is 3.19. The third-order valence-electron chi connectivity index (χ3n) is 4.48. The van der Waals surface area contributed by atoms with Crippen LogP contribution in [-0.4, -0.2) is 38.3 Å². The third-order valence-corrected chi connectivity index (χ3v) is 4.68. The van der Waals surface area contributed by atoms with E-state index in [2.05, 4.69) is 33.2 Å². The van der Waals surface area contributed by atoms with E-state index < -0.39 is 11.9 Å². The van der Waals surface area contributed by atoms with Crippen molar-refractivity contribution < 1.29 is 19.1 Å². The first-order valence-corrected chi connectivity index (χ1v) is 10.9. The first-order valence-electron chi connectivity index (χ1n) is 10.5. The number of thiocarbonyl (C=S) groups is 1. The topological polar surface area (TPSA) is 113 Å². The number of methoxy groups -OCH3 is 2. The van der Waals surface area contributed by atoms with E-state index in [1.165, 1.54) is 14.2 Å². The molecule has 0 bridgehead atoms. The fourth-order valence-electron chi connectivity index (χ4n) is 2.98. The number of amides is 3. The maximum atomic E-state index is 12.8. The largest absolute Gasteiger partial charge is 0.493 e. The number of hydrogen-bond acceptors (Lipinski definition) is 6. The van der Waals surface area contributed by atoms with Gasteiger partial charge < -0.3 is 30.7 Å². The molecule has 0 fully saturated rings. The highest BCUT2D eigenvalue weighted by Crippen LogP contribution is 2.36. The van der Waals surface area contributed by atoms with Crippen molar-refractivity contribution in [2.75, 3.05) is 31.9 Å². The minimum absolute atomic E-state index is 0.0571. The molecular formula is C25H29N5O4S. The SMILES string of the molecule is C=C(/C=C(\C=C/C)NC(=S)NC(=O)c1cc(NC)c(OC)c(OC)c1)NC(=O)Nc1ccccc1. The van der Waals surface area contributed by atoms with E-state index in [0.29, 0.717) is 39.8 Å². The lowest BCUT2D eigenvalue weighted by Crippen LogP contribution is -2.38. The molecule has 0 saturated heterocycles. The van der Waals surface area contributed by atoms with Gasteiger partial charge in [0, 0.05) is 29.7 Å². The summed E-state index contributed by atoms with van der Waals surface area (Å²) >= 11 is 5.30. The van der Waals surface area contributed by atoms with Crippen molar-refractivity contribution in [3.63, 3.8) is 0 Å². The number of benzene rings is 2. The number of anilines is 2. The van der Waals surface area contributed by atoms with E-state index in [1.54, 1.807) is 49.5 Å². The molecule has 0 spiro atoms. The molecule has 3 amide bonds. The molecule has 0 saturated carbocycles. The van der Waals surface area contributed by atoms with Crippen molar-refractivity contribution in [3.8, 4) is 11.5 Å². The van der Waals surface area contributed by atoms with Gasteiger partial charge >= 0.3 is 6.03 Å². The van der Waals surface area contributed by atoms with Crippen molar-refractivity contribution in [1.29, 1.82) is 0 Å². The maximum absolute atomic E-state index is 12.8. The number of rotatable bonds is 9. The van der Waals surface area contributed by atoms with Crippen LogP contribution in [0, 0.1) is 0 Å². The van der Waals surface area contributed by atoms with E-state index in [1.807, 2.05) is 25.1 Å². The van der Waals surface area contributed by atoms with E-state index in [4.69, 9.17) is 21.7 Å². The van der Waals surface area contributed by atoms with Gasteiger partial charge in [0.25, 0.3) is 5.91 Å². The first kappa shape index (κ1) is 26.9. The van der Waals surface area contributed by atoms with Crippen LogP contribution in [0.1, 0.15) is 17.3 Å². The van der Waals surface area contributed by atoms with Gasteiger partial charge in [-0.25, -0.2) is 4.79 Å². The average molecular weight is 496 g/mol. The molecule has 5 N–H and O–H groups in total. The van der Waals surface area contributed by atoms with Crippen molar-refractivity contribution in [3.05, 3.63) is 84.2 Å². The number of carbonyl (C=O) groups excluding carboxylic acids is 2. The third kappa shape index (κ3) is 8.20. The van der Waals surface area contributed by atoms with Crippen LogP contribution in [0.15, 0.2) is 78.7 Å². The van der Waals surface area contributed by atoms with Gasteiger partial charge in [-0.05, 0) is 55.6 Å². The Morgan fingerprint density at radius 3 is 2.34 bits per heavy atom. The summed E-state index contributed by atoms with van der Waals surface area (Å²) in [4.78, 5) is 25.0. The molecule has 0 aliphatic carbocycles. The highest BCUT2D eigenvalue weighted by atomic mass is 32.1. The molecule has 184 valence electrons. The van der Waals surface area contributed by atoms with Gasteiger partial charge in [-0.1, -0.05) is 30.9 Å². The van der Waals surface area contributed by atoms with Crippen molar-refractivity contribution in [2.24, 2.45) is 0 Å². The molecule has 0 heterocycles. The summed E-state index contributed by atoms with van der Waals surface area (Å²) in [6.07, 6.45) is 5.07. The van der Waals surface area contributed by atoms with Crippen LogP contribution >= 0.6 is 12.2 Å². The molecule has 10 heteroatoms. The van der Waals surface area contributed by atoms with E-state index >= 15 is 0 Å². The van der Waals surface area contributed by atoms with Crippen LogP contribution < -0.4 is 36.1 Å². The molecule has 0 aromatic heterocycles. The Labute approximate surface area is 210 Å². The summed E-state index contributed by atoms with van der Waals surface area (Å²) < 4.78 is 10.7. The lowest BCUT2D eigenvalue weighted by atomic mass is 10.1. The van der Waals surface area contributed by atoms with Crippen LogP contribution in [0.5, 0.6) is 11.5 Å². The molecule has 35 heavy (non-hydrogen) atoms. The minimum atomic E-state index is -0.445. The van der Waals surface area contributed by atoms with Crippen LogP contribution in [0.2, 0.25) is 0 Å². The van der Waals surface area contributed by atoms with Gasteiger partial charge in [-0.2, -0.15) is 0 Å². The lowest BCUT2D eigenvalue weighted by molar-refractivity contribution is 0.0976. The molecule has 0 atom stereocenters. The van der Waals surface area contributed by atoms with E-state index in [-0.39, 0.29) is 5.11 Å². The summed E-state index contributed by atoms with van der Waals surface area (Å²) in [5.41, 5.74) is 2.37. The lowest BCUT2D eigenvalue weighted by Gasteiger charge is -2.15. The smallest absolute Gasteiger partial charge is 0.323 e. The summed E-state index contributed by atoms with van der Waals surface area (Å²) in [6.45, 7) is 5.66. The molecule has 0 radical (unpaired) electrons. The standard InChI is InChI=1S/C25H29N5O4S/c1-6-10-19(13-16(2)27-24(32)28-18-11-8-7-9-12-18)29-25(35)30-23(31)17-14-20(26-3)22(34-5)21(15-17)33-4/h6-15,26H,2H2,1,3-5H3,(H2,27,28,32)(H2,29,30,31,35)/b10-6-,19-13+. The Morgan fingerprint density at radius 2 is 1.74 bits per heavy atom. The quantitative estimate of drug-likeness (QED) is 0.262. The predicted octanol–water partition coefficient (Wildman–Crippen LogP) is 4.15. The second-order valence-corrected chi connectivity index (χ2v) is 7.40. The number of hydrogen-bond donors (Lipinski definition) is 5. The first-order chi connectivity index (χ1) is 16.8. The van der Waals surface area contributed by atoms with Crippen molar-refractivity contribution in [1.82, 2.24) is 16.0 Å².